The van der Waals surface area contributed by atoms with Gasteiger partial charge in [0.05, 0.1) is 19.8 Å². The van der Waals surface area contributed by atoms with Crippen molar-refractivity contribution in [1.82, 2.24) is 20.6 Å². The van der Waals surface area contributed by atoms with Gasteiger partial charge in [0.25, 0.3) is 5.91 Å². The molecule has 1 amide bonds. The van der Waals surface area contributed by atoms with Crippen LogP contribution in [-0.4, -0.2) is 55.3 Å². The summed E-state index contributed by atoms with van der Waals surface area (Å²) in [5.74, 6) is 0.821. The number of benzene rings is 1. The molecule has 2 fully saturated rings. The van der Waals surface area contributed by atoms with Gasteiger partial charge >= 0.3 is 0 Å². The number of nitrogens with one attached hydrogen (secondary N) is 3. The molecule has 2 unspecified atom stereocenters. The zero-order chi connectivity index (χ0) is 19.4. The summed E-state index contributed by atoms with van der Waals surface area (Å²) < 4.78 is 11.0. The second kappa shape index (κ2) is 8.12. The monoisotopic (exact) mass is 383 g/mol. The molecule has 28 heavy (non-hydrogen) atoms. The van der Waals surface area contributed by atoms with Crippen molar-refractivity contribution in [3.63, 3.8) is 0 Å². The quantitative estimate of drug-likeness (QED) is 0.699. The highest BCUT2D eigenvalue weighted by molar-refractivity contribution is 5.94. The largest absolute Gasteiger partial charge is 0.481 e. The molecule has 8 heteroatoms. The van der Waals surface area contributed by atoms with E-state index in [4.69, 9.17) is 9.47 Å². The molecular weight excluding hydrogens is 358 g/mol. The number of methoxy groups -OCH3 is 1. The lowest BCUT2D eigenvalue weighted by molar-refractivity contribution is 0.0824. The van der Waals surface area contributed by atoms with Gasteiger partial charge in [-0.05, 0) is 43.7 Å². The van der Waals surface area contributed by atoms with Crippen molar-refractivity contribution >= 4 is 17.5 Å². The molecular formula is C20H25N5O3. The molecule has 148 valence electrons. The zero-order valence-electron chi connectivity index (χ0n) is 15.9. The third-order valence-corrected chi connectivity index (χ3v) is 5.35. The lowest BCUT2D eigenvalue weighted by Gasteiger charge is -2.18. The van der Waals surface area contributed by atoms with Gasteiger partial charge < -0.3 is 25.4 Å². The van der Waals surface area contributed by atoms with E-state index in [-0.39, 0.29) is 17.4 Å². The molecule has 0 radical (unpaired) electrons. The van der Waals surface area contributed by atoms with Crippen molar-refractivity contribution in [3.8, 4) is 5.88 Å². The van der Waals surface area contributed by atoms with Crippen LogP contribution in [0.3, 0.4) is 0 Å². The van der Waals surface area contributed by atoms with Crippen LogP contribution in [0.2, 0.25) is 0 Å². The molecule has 2 atom stereocenters. The van der Waals surface area contributed by atoms with E-state index in [1.807, 2.05) is 12.1 Å². The molecule has 4 rings (SSSR count). The number of aromatic nitrogens is 2. The number of carbonyl (C=O) groups is 1. The predicted molar refractivity (Wildman–Crippen MR) is 105 cm³/mol. The van der Waals surface area contributed by atoms with E-state index >= 15 is 0 Å². The Morgan fingerprint density at radius 2 is 2.21 bits per heavy atom. The topological polar surface area (TPSA) is 97.4 Å². The van der Waals surface area contributed by atoms with Gasteiger partial charge in [-0.25, -0.2) is 4.98 Å². The number of nitrogens with zero attached hydrogens (tertiary/aromatic N) is 2. The van der Waals surface area contributed by atoms with E-state index in [2.05, 4.69) is 25.9 Å². The first-order valence-corrected chi connectivity index (χ1v) is 9.50. The molecule has 0 saturated carbocycles. The number of hydrogen-bond donors (Lipinski definition) is 3. The number of ether oxygens (including phenoxy) is 2. The van der Waals surface area contributed by atoms with Crippen molar-refractivity contribution < 1.29 is 14.3 Å². The van der Waals surface area contributed by atoms with Crippen LogP contribution >= 0.6 is 0 Å². The first-order valence-electron chi connectivity index (χ1n) is 9.50. The average Bonchev–Trinajstić information content (AvgIpc) is 3.36. The van der Waals surface area contributed by atoms with Gasteiger partial charge in [-0.2, -0.15) is 4.98 Å². The van der Waals surface area contributed by atoms with E-state index < -0.39 is 0 Å². The number of amides is 1. The SMILES string of the molecule is COc1ccnc(Nc2ccc(C(=O)NCC3CC4(CCNC4)CO3)cc2)n1. The van der Waals surface area contributed by atoms with E-state index in [1.165, 1.54) is 0 Å². The summed E-state index contributed by atoms with van der Waals surface area (Å²) in [4.78, 5) is 20.8. The van der Waals surface area contributed by atoms with Crippen molar-refractivity contribution in [3.05, 3.63) is 42.1 Å². The Bertz CT molecular complexity index is 821. The van der Waals surface area contributed by atoms with Crippen LogP contribution in [-0.2, 0) is 4.74 Å². The maximum absolute atomic E-state index is 12.4. The molecule has 3 heterocycles. The van der Waals surface area contributed by atoms with Crippen molar-refractivity contribution in [2.45, 2.75) is 18.9 Å². The van der Waals surface area contributed by atoms with Crippen LogP contribution in [0, 0.1) is 5.41 Å². The Hall–Kier alpha value is -2.71. The Labute approximate surface area is 164 Å². The molecule has 2 aliphatic heterocycles. The van der Waals surface area contributed by atoms with Gasteiger partial charge in [0.15, 0.2) is 0 Å². The van der Waals surface area contributed by atoms with E-state index in [0.717, 1.165) is 38.2 Å². The highest BCUT2D eigenvalue weighted by Gasteiger charge is 2.42. The standard InChI is InChI=1S/C20H25N5O3/c1-27-17-6-8-22-19(25-17)24-15-4-2-14(3-5-15)18(26)23-11-16-10-20(13-28-16)7-9-21-12-20/h2-6,8,16,21H,7,9-13H2,1H3,(H,23,26)(H,22,24,25). The molecule has 1 aromatic carbocycles. The van der Waals surface area contributed by atoms with Crippen LogP contribution in [0.4, 0.5) is 11.6 Å². The Kier molecular flexibility index (Phi) is 5.40. The Morgan fingerprint density at radius 3 is 2.96 bits per heavy atom. The summed E-state index contributed by atoms with van der Waals surface area (Å²) in [5, 5.41) is 9.48. The van der Waals surface area contributed by atoms with Crippen LogP contribution in [0.5, 0.6) is 5.88 Å². The third kappa shape index (κ3) is 4.23. The summed E-state index contributed by atoms with van der Waals surface area (Å²) >= 11 is 0. The van der Waals surface area contributed by atoms with E-state index in [9.17, 15) is 4.79 Å². The number of rotatable bonds is 6. The van der Waals surface area contributed by atoms with Gasteiger partial charge in [0.2, 0.25) is 11.8 Å². The van der Waals surface area contributed by atoms with Crippen LogP contribution < -0.4 is 20.7 Å². The average molecular weight is 383 g/mol. The number of anilines is 2. The minimum atomic E-state index is -0.0988. The zero-order valence-corrected chi connectivity index (χ0v) is 15.9. The third-order valence-electron chi connectivity index (χ3n) is 5.35. The molecule has 1 spiro atoms. The van der Waals surface area contributed by atoms with E-state index in [1.54, 1.807) is 31.5 Å². The fourth-order valence-corrected chi connectivity index (χ4v) is 3.78. The molecule has 8 nitrogen and oxygen atoms in total. The second-order valence-corrected chi connectivity index (χ2v) is 7.40. The van der Waals surface area contributed by atoms with Crippen LogP contribution in [0.25, 0.3) is 0 Å². The Balaban J connectivity index is 1.29. The van der Waals surface area contributed by atoms with Gasteiger partial charge in [-0.1, -0.05) is 0 Å². The molecule has 1 aromatic heterocycles. The second-order valence-electron chi connectivity index (χ2n) is 7.40. The first kappa shape index (κ1) is 18.6. The fraction of sp³-hybridized carbons (Fsp3) is 0.450. The summed E-state index contributed by atoms with van der Waals surface area (Å²) in [6.45, 7) is 3.40. The number of hydrogen-bond acceptors (Lipinski definition) is 7. The summed E-state index contributed by atoms with van der Waals surface area (Å²) in [7, 11) is 1.56. The minimum absolute atomic E-state index is 0.0926. The van der Waals surface area contributed by atoms with Gasteiger partial charge in [0.1, 0.15) is 0 Å². The molecule has 0 aliphatic carbocycles. The van der Waals surface area contributed by atoms with Gasteiger partial charge in [0, 0.05) is 42.0 Å². The highest BCUT2D eigenvalue weighted by atomic mass is 16.5. The maximum Gasteiger partial charge on any atom is 0.251 e. The summed E-state index contributed by atoms with van der Waals surface area (Å²) in [6.07, 6.45) is 3.87. The molecule has 2 aliphatic rings. The predicted octanol–water partition coefficient (Wildman–Crippen LogP) is 1.73. The maximum atomic E-state index is 12.4. The molecule has 2 aromatic rings. The van der Waals surface area contributed by atoms with Gasteiger partial charge in [-0.3, -0.25) is 4.79 Å². The Morgan fingerprint density at radius 1 is 1.36 bits per heavy atom. The fourth-order valence-electron chi connectivity index (χ4n) is 3.78. The van der Waals surface area contributed by atoms with Crippen molar-refractivity contribution in [2.75, 3.05) is 38.7 Å². The lowest BCUT2D eigenvalue weighted by Crippen LogP contribution is -2.32. The normalized spacial score (nSPS) is 23.7. The highest BCUT2D eigenvalue weighted by Crippen LogP contribution is 2.37. The molecule has 3 N–H and O–H groups in total. The summed E-state index contributed by atoms with van der Waals surface area (Å²) in [6, 6.07) is 8.87. The van der Waals surface area contributed by atoms with Crippen molar-refractivity contribution in [1.29, 1.82) is 0 Å². The number of carbonyl (C=O) groups excluding carboxylic acids is 1. The lowest BCUT2D eigenvalue weighted by atomic mass is 9.85. The molecule has 0 bridgehead atoms. The van der Waals surface area contributed by atoms with E-state index in [0.29, 0.717) is 23.9 Å². The van der Waals surface area contributed by atoms with Gasteiger partial charge in [-0.15, -0.1) is 0 Å². The summed E-state index contributed by atoms with van der Waals surface area (Å²) in [5.41, 5.74) is 1.66. The smallest absolute Gasteiger partial charge is 0.251 e. The van der Waals surface area contributed by atoms with Crippen LogP contribution in [0.1, 0.15) is 23.2 Å². The molecule has 2 saturated heterocycles. The van der Waals surface area contributed by atoms with Crippen LogP contribution in [0.15, 0.2) is 36.5 Å². The minimum Gasteiger partial charge on any atom is -0.481 e. The first-order chi connectivity index (χ1) is 13.7. The van der Waals surface area contributed by atoms with Crippen molar-refractivity contribution in [2.24, 2.45) is 5.41 Å².